The minimum Gasteiger partial charge on any atom is -0.494 e. The standard InChI is InChI=1S/C19H18ClN3O2S/c1-3-25-17-9-6-14(12(2)24)10-15(17)11-26-19-21-18(22-23-19)13-4-7-16(20)8-5-13/h4-10H,3,11H2,1-2H3,(H,21,22,23). The number of hydrogen-bond donors (Lipinski definition) is 1. The zero-order chi connectivity index (χ0) is 18.5. The van der Waals surface area contributed by atoms with Crippen molar-refractivity contribution in [2.24, 2.45) is 0 Å². The Bertz CT molecular complexity index is 909. The first-order valence-corrected chi connectivity index (χ1v) is 9.51. The molecule has 0 unspecified atom stereocenters. The minimum absolute atomic E-state index is 0.0298. The Morgan fingerprint density at radius 3 is 2.69 bits per heavy atom. The average Bonchev–Trinajstić information content (AvgIpc) is 3.10. The second kappa shape index (κ2) is 8.38. The molecule has 3 aromatic rings. The number of benzene rings is 2. The highest BCUT2D eigenvalue weighted by molar-refractivity contribution is 7.98. The molecule has 1 heterocycles. The molecule has 0 fully saturated rings. The Morgan fingerprint density at radius 1 is 1.23 bits per heavy atom. The van der Waals surface area contributed by atoms with Crippen molar-refractivity contribution in [3.05, 3.63) is 58.6 Å². The summed E-state index contributed by atoms with van der Waals surface area (Å²) in [5.74, 6) is 2.10. The largest absolute Gasteiger partial charge is 0.494 e. The van der Waals surface area contributed by atoms with Gasteiger partial charge in [0.25, 0.3) is 0 Å². The molecule has 0 aliphatic rings. The maximum atomic E-state index is 11.6. The zero-order valence-electron chi connectivity index (χ0n) is 14.5. The van der Waals surface area contributed by atoms with E-state index in [9.17, 15) is 4.79 Å². The molecule has 0 saturated heterocycles. The van der Waals surface area contributed by atoms with Crippen LogP contribution in [0.25, 0.3) is 11.4 Å². The molecule has 0 radical (unpaired) electrons. The molecule has 134 valence electrons. The van der Waals surface area contributed by atoms with Gasteiger partial charge in [0.1, 0.15) is 5.75 Å². The number of hydrogen-bond acceptors (Lipinski definition) is 5. The molecule has 0 atom stereocenters. The summed E-state index contributed by atoms with van der Waals surface area (Å²) in [5.41, 5.74) is 2.53. The second-order valence-corrected chi connectivity index (χ2v) is 6.95. The summed E-state index contributed by atoms with van der Waals surface area (Å²) in [5, 5.41) is 8.49. The Morgan fingerprint density at radius 2 is 2.00 bits per heavy atom. The molecule has 0 aliphatic carbocycles. The van der Waals surface area contributed by atoms with Gasteiger partial charge >= 0.3 is 0 Å². The third-order valence-corrected chi connectivity index (χ3v) is 4.85. The summed E-state index contributed by atoms with van der Waals surface area (Å²) in [7, 11) is 0. The Balaban J connectivity index is 1.75. The van der Waals surface area contributed by atoms with E-state index in [0.29, 0.717) is 33.9 Å². The van der Waals surface area contributed by atoms with Crippen LogP contribution in [0.1, 0.15) is 29.8 Å². The molecule has 0 bridgehead atoms. The fraction of sp³-hybridized carbons (Fsp3) is 0.211. The van der Waals surface area contributed by atoms with E-state index >= 15 is 0 Å². The van der Waals surface area contributed by atoms with Gasteiger partial charge < -0.3 is 4.74 Å². The quantitative estimate of drug-likeness (QED) is 0.455. The summed E-state index contributed by atoms with van der Waals surface area (Å²) in [6, 6.07) is 12.9. The molecular formula is C19H18ClN3O2S. The van der Waals surface area contributed by atoms with Gasteiger partial charge in [-0.15, -0.1) is 5.10 Å². The number of rotatable bonds is 7. The molecule has 3 rings (SSSR count). The molecule has 2 aromatic carbocycles. The molecule has 0 saturated carbocycles. The van der Waals surface area contributed by atoms with E-state index in [-0.39, 0.29) is 5.78 Å². The monoisotopic (exact) mass is 387 g/mol. The van der Waals surface area contributed by atoms with Crippen LogP contribution in [0.2, 0.25) is 5.02 Å². The van der Waals surface area contributed by atoms with Crippen LogP contribution < -0.4 is 4.74 Å². The first-order chi connectivity index (χ1) is 12.6. The first-order valence-electron chi connectivity index (χ1n) is 8.14. The lowest BCUT2D eigenvalue weighted by atomic mass is 10.1. The van der Waals surface area contributed by atoms with Gasteiger partial charge in [-0.1, -0.05) is 23.4 Å². The number of nitrogens with zero attached hydrogens (tertiary/aromatic N) is 2. The van der Waals surface area contributed by atoms with E-state index in [1.165, 1.54) is 11.8 Å². The van der Waals surface area contributed by atoms with Gasteiger partial charge in [-0.25, -0.2) is 4.98 Å². The maximum Gasteiger partial charge on any atom is 0.209 e. The van der Waals surface area contributed by atoms with E-state index in [1.54, 1.807) is 13.0 Å². The molecule has 1 N–H and O–H groups in total. The molecule has 7 heteroatoms. The normalized spacial score (nSPS) is 10.7. The number of thioether (sulfide) groups is 1. The van der Waals surface area contributed by atoms with Crippen LogP contribution in [0.5, 0.6) is 5.75 Å². The molecule has 26 heavy (non-hydrogen) atoms. The second-order valence-electron chi connectivity index (χ2n) is 5.57. The van der Waals surface area contributed by atoms with Gasteiger partial charge in [0.2, 0.25) is 5.16 Å². The number of nitrogens with one attached hydrogen (secondary N) is 1. The Hall–Kier alpha value is -2.31. The number of ketones is 1. The molecular weight excluding hydrogens is 370 g/mol. The summed E-state index contributed by atoms with van der Waals surface area (Å²) in [4.78, 5) is 16.1. The fourth-order valence-electron chi connectivity index (χ4n) is 2.40. The number of carbonyl (C=O) groups is 1. The van der Waals surface area contributed by atoms with Crippen LogP contribution >= 0.6 is 23.4 Å². The van der Waals surface area contributed by atoms with Crippen molar-refractivity contribution in [2.45, 2.75) is 24.8 Å². The van der Waals surface area contributed by atoms with Crippen LogP contribution in [-0.4, -0.2) is 27.6 Å². The number of halogens is 1. The summed E-state index contributed by atoms with van der Waals surface area (Å²) in [6.07, 6.45) is 0. The van der Waals surface area contributed by atoms with Crippen LogP contribution in [-0.2, 0) is 5.75 Å². The van der Waals surface area contributed by atoms with E-state index < -0.39 is 0 Å². The molecule has 5 nitrogen and oxygen atoms in total. The Kier molecular flexibility index (Phi) is 5.96. The average molecular weight is 388 g/mol. The van der Waals surface area contributed by atoms with E-state index in [4.69, 9.17) is 16.3 Å². The van der Waals surface area contributed by atoms with Crippen LogP contribution in [0.15, 0.2) is 47.6 Å². The third kappa shape index (κ3) is 4.45. The van der Waals surface area contributed by atoms with Crippen molar-refractivity contribution in [1.29, 1.82) is 0 Å². The molecule has 1 aromatic heterocycles. The van der Waals surface area contributed by atoms with Crippen LogP contribution in [0.3, 0.4) is 0 Å². The number of ether oxygens (including phenoxy) is 1. The highest BCUT2D eigenvalue weighted by atomic mass is 35.5. The number of carbonyl (C=O) groups excluding carboxylic acids is 1. The summed E-state index contributed by atoms with van der Waals surface area (Å²) < 4.78 is 5.66. The highest BCUT2D eigenvalue weighted by Gasteiger charge is 2.11. The number of Topliss-reactive ketones (excluding diaryl/α,β-unsaturated/α-hetero) is 1. The van der Waals surface area contributed by atoms with E-state index in [2.05, 4.69) is 15.2 Å². The van der Waals surface area contributed by atoms with Gasteiger partial charge in [0.15, 0.2) is 11.6 Å². The van der Waals surface area contributed by atoms with Crippen LogP contribution in [0, 0.1) is 0 Å². The topological polar surface area (TPSA) is 67.9 Å². The lowest BCUT2D eigenvalue weighted by Gasteiger charge is -2.10. The van der Waals surface area contributed by atoms with E-state index in [0.717, 1.165) is 16.9 Å². The van der Waals surface area contributed by atoms with Crippen molar-refractivity contribution in [3.8, 4) is 17.1 Å². The smallest absolute Gasteiger partial charge is 0.209 e. The lowest BCUT2D eigenvalue weighted by molar-refractivity contribution is 0.101. The fourth-order valence-corrected chi connectivity index (χ4v) is 3.30. The maximum absolute atomic E-state index is 11.6. The number of H-pyrrole nitrogens is 1. The van der Waals surface area contributed by atoms with Gasteiger partial charge in [-0.2, -0.15) is 0 Å². The van der Waals surface area contributed by atoms with Crippen LogP contribution in [0.4, 0.5) is 0 Å². The predicted molar refractivity (Wildman–Crippen MR) is 104 cm³/mol. The van der Waals surface area contributed by atoms with Crippen molar-refractivity contribution in [3.63, 3.8) is 0 Å². The molecule has 0 spiro atoms. The summed E-state index contributed by atoms with van der Waals surface area (Å²) >= 11 is 7.39. The lowest BCUT2D eigenvalue weighted by Crippen LogP contribution is -1.99. The van der Waals surface area contributed by atoms with Gasteiger partial charge in [0.05, 0.1) is 6.61 Å². The van der Waals surface area contributed by atoms with Crippen molar-refractivity contribution in [2.75, 3.05) is 6.61 Å². The predicted octanol–water partition coefficient (Wildman–Crippen LogP) is 5.02. The Labute approximate surface area is 161 Å². The number of aromatic amines is 1. The van der Waals surface area contributed by atoms with Gasteiger partial charge in [-0.3, -0.25) is 9.89 Å². The molecule has 0 amide bonds. The van der Waals surface area contributed by atoms with Gasteiger partial charge in [0, 0.05) is 27.5 Å². The van der Waals surface area contributed by atoms with Gasteiger partial charge in [-0.05, 0) is 56.3 Å². The number of aromatic nitrogens is 3. The van der Waals surface area contributed by atoms with Crippen molar-refractivity contribution >= 4 is 29.1 Å². The SMILES string of the molecule is CCOc1ccc(C(C)=O)cc1CSc1n[nH]c(-c2ccc(Cl)cc2)n1. The van der Waals surface area contributed by atoms with Crippen molar-refractivity contribution in [1.82, 2.24) is 15.2 Å². The summed E-state index contributed by atoms with van der Waals surface area (Å²) in [6.45, 7) is 4.06. The highest BCUT2D eigenvalue weighted by Crippen LogP contribution is 2.29. The molecule has 0 aliphatic heterocycles. The first kappa shape index (κ1) is 18.5. The van der Waals surface area contributed by atoms with E-state index in [1.807, 2.05) is 43.3 Å². The van der Waals surface area contributed by atoms with Crippen molar-refractivity contribution < 1.29 is 9.53 Å². The minimum atomic E-state index is 0.0298. The zero-order valence-corrected chi connectivity index (χ0v) is 16.0. The third-order valence-electron chi connectivity index (χ3n) is 3.71.